The van der Waals surface area contributed by atoms with Crippen molar-refractivity contribution in [3.05, 3.63) is 176 Å². The van der Waals surface area contributed by atoms with Gasteiger partial charge >= 0.3 is 0 Å². The van der Waals surface area contributed by atoms with Crippen LogP contribution in [0.5, 0.6) is 0 Å². The molecule has 0 aliphatic rings. The fourth-order valence-corrected chi connectivity index (χ4v) is 7.30. The molecule has 0 saturated carbocycles. The molecule has 0 saturated heterocycles. The standard InChI is InChI=1S/C46H29N3O/c1-3-16-33(17-4-1)49(34-18-5-2-6-19-34)42-25-13-23-37-39-29-40(35-20-9-10-21-36(35)44(39)50-45(37)42)46-47-41-24-12-11-22-38(41)43(48-46)32-27-26-30-14-7-8-15-31(30)28-32/h1-29H. The summed E-state index contributed by atoms with van der Waals surface area (Å²) in [5, 5.41) is 7.55. The minimum atomic E-state index is 0.686. The number of nitrogens with zero attached hydrogens (tertiary/aromatic N) is 3. The highest BCUT2D eigenvalue weighted by Crippen LogP contribution is 2.45. The van der Waals surface area contributed by atoms with E-state index in [9.17, 15) is 0 Å². The second-order valence-electron chi connectivity index (χ2n) is 12.6. The average Bonchev–Trinajstić information content (AvgIpc) is 3.58. The molecule has 234 valence electrons. The predicted octanol–water partition coefficient (Wildman–Crippen LogP) is 12.6. The number of benzene rings is 8. The third kappa shape index (κ3) is 4.54. The zero-order valence-electron chi connectivity index (χ0n) is 27.0. The van der Waals surface area contributed by atoms with Crippen LogP contribution in [0, 0.1) is 0 Å². The van der Waals surface area contributed by atoms with Gasteiger partial charge in [-0.3, -0.25) is 0 Å². The first-order chi connectivity index (χ1) is 24.8. The van der Waals surface area contributed by atoms with E-state index in [0.29, 0.717) is 5.82 Å². The summed E-state index contributed by atoms with van der Waals surface area (Å²) in [6.07, 6.45) is 0. The quantitative estimate of drug-likeness (QED) is 0.188. The van der Waals surface area contributed by atoms with Gasteiger partial charge in [0.05, 0.1) is 16.9 Å². The van der Waals surface area contributed by atoms with Crippen LogP contribution >= 0.6 is 0 Å². The van der Waals surface area contributed by atoms with Crippen molar-refractivity contribution < 1.29 is 4.42 Å². The van der Waals surface area contributed by atoms with Gasteiger partial charge in [-0.2, -0.15) is 0 Å². The van der Waals surface area contributed by atoms with Gasteiger partial charge in [-0.15, -0.1) is 0 Å². The highest BCUT2D eigenvalue weighted by molar-refractivity contribution is 6.20. The molecule has 0 unspecified atom stereocenters. The molecule has 10 aromatic rings. The molecule has 0 amide bonds. The van der Waals surface area contributed by atoms with Crippen LogP contribution in [0.4, 0.5) is 17.1 Å². The fraction of sp³-hybridized carbons (Fsp3) is 0. The third-order valence-electron chi connectivity index (χ3n) is 9.62. The monoisotopic (exact) mass is 639 g/mol. The molecule has 0 spiro atoms. The summed E-state index contributed by atoms with van der Waals surface area (Å²) < 4.78 is 6.93. The van der Waals surface area contributed by atoms with Crippen LogP contribution < -0.4 is 4.90 Å². The highest BCUT2D eigenvalue weighted by atomic mass is 16.3. The van der Waals surface area contributed by atoms with Crippen molar-refractivity contribution >= 4 is 71.4 Å². The van der Waals surface area contributed by atoms with Crippen LogP contribution in [0.1, 0.15) is 0 Å². The Morgan fingerprint density at radius 1 is 0.420 bits per heavy atom. The van der Waals surface area contributed by atoms with E-state index in [0.717, 1.165) is 77.5 Å². The molecule has 2 aromatic heterocycles. The first kappa shape index (κ1) is 28.3. The molecule has 0 aliphatic carbocycles. The van der Waals surface area contributed by atoms with E-state index in [2.05, 4.69) is 163 Å². The number of hydrogen-bond acceptors (Lipinski definition) is 4. The average molecular weight is 640 g/mol. The minimum absolute atomic E-state index is 0.686. The lowest BCUT2D eigenvalue weighted by Gasteiger charge is -2.25. The molecule has 50 heavy (non-hydrogen) atoms. The predicted molar refractivity (Wildman–Crippen MR) is 207 cm³/mol. The fourth-order valence-electron chi connectivity index (χ4n) is 7.30. The minimum Gasteiger partial charge on any atom is -0.453 e. The molecule has 4 nitrogen and oxygen atoms in total. The van der Waals surface area contributed by atoms with Gasteiger partial charge in [-0.1, -0.05) is 127 Å². The van der Waals surface area contributed by atoms with E-state index in [1.54, 1.807) is 0 Å². The van der Waals surface area contributed by atoms with Crippen LogP contribution in [-0.4, -0.2) is 9.97 Å². The van der Waals surface area contributed by atoms with Crippen molar-refractivity contribution in [3.63, 3.8) is 0 Å². The Balaban J connectivity index is 1.24. The normalized spacial score (nSPS) is 11.6. The van der Waals surface area contributed by atoms with Gasteiger partial charge in [0.1, 0.15) is 5.58 Å². The molecule has 8 aromatic carbocycles. The number of aromatic nitrogens is 2. The molecule has 0 radical (unpaired) electrons. The Morgan fingerprint density at radius 2 is 1.04 bits per heavy atom. The van der Waals surface area contributed by atoms with Crippen LogP contribution in [-0.2, 0) is 0 Å². The lowest BCUT2D eigenvalue weighted by atomic mass is 9.98. The van der Waals surface area contributed by atoms with Crippen LogP contribution in [0.2, 0.25) is 0 Å². The van der Waals surface area contributed by atoms with E-state index in [4.69, 9.17) is 14.4 Å². The summed E-state index contributed by atoms with van der Waals surface area (Å²) in [4.78, 5) is 12.8. The van der Waals surface area contributed by atoms with Crippen molar-refractivity contribution in [1.82, 2.24) is 9.97 Å². The van der Waals surface area contributed by atoms with Gasteiger partial charge in [-0.05, 0) is 64.7 Å². The van der Waals surface area contributed by atoms with Crippen LogP contribution in [0.15, 0.2) is 180 Å². The Hall–Kier alpha value is -6.78. The lowest BCUT2D eigenvalue weighted by molar-refractivity contribution is 0.673. The van der Waals surface area contributed by atoms with Gasteiger partial charge < -0.3 is 9.32 Å². The summed E-state index contributed by atoms with van der Waals surface area (Å²) in [5.74, 6) is 0.686. The second-order valence-corrected chi connectivity index (χ2v) is 12.6. The zero-order chi connectivity index (χ0) is 33.0. The SMILES string of the molecule is c1ccc(N(c2ccccc2)c2cccc3c2oc2c4ccccc4c(-c4nc(-c5ccc6ccccc6c5)c5ccccc5n4)cc32)cc1. The van der Waals surface area contributed by atoms with Crippen molar-refractivity contribution in [2.75, 3.05) is 4.90 Å². The molecule has 2 heterocycles. The summed E-state index contributed by atoms with van der Waals surface area (Å²) in [7, 11) is 0. The molecule has 0 atom stereocenters. The topological polar surface area (TPSA) is 42.2 Å². The van der Waals surface area contributed by atoms with Crippen LogP contribution in [0.25, 0.3) is 77.0 Å². The molecular weight excluding hydrogens is 611 g/mol. The third-order valence-corrected chi connectivity index (χ3v) is 9.62. The number of anilines is 3. The van der Waals surface area contributed by atoms with Crippen molar-refractivity contribution in [3.8, 4) is 22.6 Å². The van der Waals surface area contributed by atoms with Gasteiger partial charge in [0.25, 0.3) is 0 Å². The maximum Gasteiger partial charge on any atom is 0.161 e. The van der Waals surface area contributed by atoms with E-state index < -0.39 is 0 Å². The van der Waals surface area contributed by atoms with Gasteiger partial charge in [-0.25, -0.2) is 9.97 Å². The first-order valence-corrected chi connectivity index (χ1v) is 16.8. The Morgan fingerprint density at radius 3 is 1.82 bits per heavy atom. The Kier molecular flexibility index (Phi) is 6.46. The molecule has 0 aliphatic heterocycles. The number of fused-ring (bicyclic) bond motifs is 7. The van der Waals surface area contributed by atoms with E-state index >= 15 is 0 Å². The summed E-state index contributed by atoms with van der Waals surface area (Å²) in [6.45, 7) is 0. The van der Waals surface area contributed by atoms with Gasteiger partial charge in [0, 0.05) is 44.0 Å². The largest absolute Gasteiger partial charge is 0.453 e. The smallest absolute Gasteiger partial charge is 0.161 e. The maximum atomic E-state index is 6.93. The number of furan rings is 1. The van der Waals surface area contributed by atoms with E-state index in [1.807, 2.05) is 18.2 Å². The maximum absolute atomic E-state index is 6.93. The van der Waals surface area contributed by atoms with Crippen molar-refractivity contribution in [2.45, 2.75) is 0 Å². The number of rotatable bonds is 5. The zero-order valence-corrected chi connectivity index (χ0v) is 27.0. The number of para-hydroxylation sites is 4. The van der Waals surface area contributed by atoms with Crippen molar-refractivity contribution in [2.24, 2.45) is 0 Å². The summed E-state index contributed by atoms with van der Waals surface area (Å²) >= 11 is 0. The molecular formula is C46H29N3O. The molecule has 4 heteroatoms. The molecule has 0 bridgehead atoms. The van der Waals surface area contributed by atoms with E-state index in [-0.39, 0.29) is 0 Å². The first-order valence-electron chi connectivity index (χ1n) is 16.8. The van der Waals surface area contributed by atoms with Gasteiger partial charge in [0.2, 0.25) is 0 Å². The Labute approximate surface area is 288 Å². The summed E-state index contributed by atoms with van der Waals surface area (Å²) in [5.41, 5.74) is 8.63. The Bertz CT molecular complexity index is 2840. The van der Waals surface area contributed by atoms with E-state index in [1.165, 1.54) is 10.8 Å². The summed E-state index contributed by atoms with van der Waals surface area (Å²) in [6, 6.07) is 61.2. The van der Waals surface area contributed by atoms with Gasteiger partial charge in [0.15, 0.2) is 11.4 Å². The second kappa shape index (κ2) is 11.4. The van der Waals surface area contributed by atoms with Crippen molar-refractivity contribution in [1.29, 1.82) is 0 Å². The molecule has 10 rings (SSSR count). The van der Waals surface area contributed by atoms with Crippen LogP contribution in [0.3, 0.4) is 0 Å². The highest BCUT2D eigenvalue weighted by Gasteiger charge is 2.22. The number of hydrogen-bond donors (Lipinski definition) is 0. The lowest BCUT2D eigenvalue weighted by Crippen LogP contribution is -2.09. The molecule has 0 fully saturated rings. The molecule has 0 N–H and O–H groups in total.